The molecule has 3 amide bonds. The van der Waals surface area contributed by atoms with Crippen molar-refractivity contribution in [1.29, 1.82) is 0 Å². The number of esters is 1. The van der Waals surface area contributed by atoms with Gasteiger partial charge in [0.05, 0.1) is 22.4 Å². The summed E-state index contributed by atoms with van der Waals surface area (Å²) in [5.74, 6) is -3.61. The number of ketones is 1. The van der Waals surface area contributed by atoms with Crippen LogP contribution in [0.1, 0.15) is 56.1 Å². The van der Waals surface area contributed by atoms with E-state index >= 15 is 0 Å². The molecule has 0 unspecified atom stereocenters. The monoisotopic (exact) mass is 584 g/mol. The summed E-state index contributed by atoms with van der Waals surface area (Å²) in [7, 11) is 0. The number of benzene rings is 2. The highest BCUT2D eigenvalue weighted by Gasteiger charge is 2.52. The van der Waals surface area contributed by atoms with Crippen molar-refractivity contribution in [1.82, 2.24) is 10.0 Å². The molecule has 2 aromatic carbocycles. The molecule has 2 atom stereocenters. The molecule has 0 bridgehead atoms. The van der Waals surface area contributed by atoms with E-state index in [-0.39, 0.29) is 21.9 Å². The molecular weight excluding hydrogens is 563 g/mol. The average Bonchev–Trinajstić information content (AvgIpc) is 3.55. The van der Waals surface area contributed by atoms with Gasteiger partial charge in [0.2, 0.25) is 0 Å². The zero-order valence-corrected chi connectivity index (χ0v) is 22.8. The molecule has 1 aromatic heterocycles. The van der Waals surface area contributed by atoms with Gasteiger partial charge in [-0.05, 0) is 66.8 Å². The fourth-order valence-electron chi connectivity index (χ4n) is 4.91. The SMILES string of the molecule is O=C(CN(C(=O)c1ccc(Cl)cc1Cl)N1C(=O)[C@@H]2CCCC[C@H]2C1=O)c1ccc(OC(=O)c2cccs2)cc1. The van der Waals surface area contributed by atoms with Gasteiger partial charge < -0.3 is 4.74 Å². The van der Waals surface area contributed by atoms with E-state index in [2.05, 4.69) is 0 Å². The molecule has 11 heteroatoms. The molecule has 5 rings (SSSR count). The number of fused-ring (bicyclic) bond motifs is 1. The van der Waals surface area contributed by atoms with E-state index < -0.39 is 47.9 Å². The molecule has 2 aliphatic rings. The van der Waals surface area contributed by atoms with Crippen molar-refractivity contribution in [2.75, 3.05) is 6.54 Å². The third-order valence-corrected chi connectivity index (χ3v) is 8.26. The van der Waals surface area contributed by atoms with Crippen molar-refractivity contribution in [3.05, 3.63) is 86.0 Å². The Morgan fingerprint density at radius 2 is 1.62 bits per heavy atom. The van der Waals surface area contributed by atoms with Crippen molar-refractivity contribution in [2.24, 2.45) is 11.8 Å². The first kappa shape index (κ1) is 27.1. The quantitative estimate of drug-likeness (QED) is 0.153. The van der Waals surface area contributed by atoms with Crippen LogP contribution >= 0.6 is 34.5 Å². The molecule has 0 radical (unpaired) electrons. The van der Waals surface area contributed by atoms with Crippen molar-refractivity contribution in [2.45, 2.75) is 25.7 Å². The smallest absolute Gasteiger partial charge is 0.353 e. The van der Waals surface area contributed by atoms with Crippen LogP contribution in [0.15, 0.2) is 60.0 Å². The molecule has 2 heterocycles. The highest BCUT2D eigenvalue weighted by molar-refractivity contribution is 7.12. The van der Waals surface area contributed by atoms with Gasteiger partial charge in [-0.1, -0.05) is 42.1 Å². The largest absolute Gasteiger partial charge is 0.422 e. The number of Topliss-reactive ketones (excluding diaryl/α,β-unsaturated/α-hetero) is 1. The standard InChI is InChI=1S/C28H22Cl2N2O6S/c29-17-9-12-21(22(30)14-17)25(34)31(32-26(35)19-4-1-2-5-20(19)27(32)36)15-23(33)16-7-10-18(11-8-16)38-28(37)24-6-3-13-39-24/h3,6-14,19-20H,1-2,4-5,15H2/t19-,20-/m1/s1. The predicted molar refractivity (Wildman–Crippen MR) is 145 cm³/mol. The minimum Gasteiger partial charge on any atom is -0.422 e. The maximum atomic E-state index is 13.7. The van der Waals surface area contributed by atoms with E-state index in [1.807, 2.05) is 0 Å². The molecule has 8 nitrogen and oxygen atoms in total. The molecule has 2 fully saturated rings. The lowest BCUT2D eigenvalue weighted by molar-refractivity contribution is -0.154. The number of thiophene rings is 1. The lowest BCUT2D eigenvalue weighted by Crippen LogP contribution is -2.52. The van der Waals surface area contributed by atoms with Gasteiger partial charge in [-0.3, -0.25) is 19.2 Å². The molecule has 39 heavy (non-hydrogen) atoms. The second-order valence-electron chi connectivity index (χ2n) is 9.29. The van der Waals surface area contributed by atoms with Crippen LogP contribution < -0.4 is 4.74 Å². The number of ether oxygens (including phenoxy) is 1. The first-order valence-corrected chi connectivity index (χ1v) is 13.9. The summed E-state index contributed by atoms with van der Waals surface area (Å²) in [6.07, 6.45) is 2.73. The number of hydrogen-bond acceptors (Lipinski definition) is 7. The van der Waals surface area contributed by atoms with Gasteiger partial charge in [0, 0.05) is 10.6 Å². The Morgan fingerprint density at radius 1 is 0.949 bits per heavy atom. The van der Waals surface area contributed by atoms with Gasteiger partial charge >= 0.3 is 5.97 Å². The first-order chi connectivity index (χ1) is 18.7. The third kappa shape index (κ3) is 5.48. The fourth-order valence-corrected chi connectivity index (χ4v) is 5.99. The topological polar surface area (TPSA) is 101 Å². The van der Waals surface area contributed by atoms with Gasteiger partial charge in [-0.15, -0.1) is 11.3 Å². The normalized spacial score (nSPS) is 18.6. The van der Waals surface area contributed by atoms with E-state index in [4.69, 9.17) is 27.9 Å². The van der Waals surface area contributed by atoms with Gasteiger partial charge in [0.25, 0.3) is 17.7 Å². The van der Waals surface area contributed by atoms with E-state index in [9.17, 15) is 24.0 Å². The maximum Gasteiger partial charge on any atom is 0.353 e. The molecule has 3 aromatic rings. The number of amides is 3. The average molecular weight is 585 g/mol. The Hall–Kier alpha value is -3.53. The van der Waals surface area contributed by atoms with Gasteiger partial charge in [0.15, 0.2) is 5.78 Å². The van der Waals surface area contributed by atoms with E-state index in [1.54, 1.807) is 17.5 Å². The third-order valence-electron chi connectivity index (χ3n) is 6.86. The zero-order chi connectivity index (χ0) is 27.7. The Labute approximate surface area is 238 Å². The highest BCUT2D eigenvalue weighted by atomic mass is 35.5. The molecule has 1 aliphatic heterocycles. The van der Waals surface area contributed by atoms with Crippen molar-refractivity contribution in [3.63, 3.8) is 0 Å². The Morgan fingerprint density at radius 3 is 2.21 bits per heavy atom. The number of hydrogen-bond donors (Lipinski definition) is 0. The molecule has 1 aliphatic carbocycles. The number of halogens is 2. The maximum absolute atomic E-state index is 13.7. The molecule has 1 saturated heterocycles. The fraction of sp³-hybridized carbons (Fsp3) is 0.250. The van der Waals surface area contributed by atoms with Gasteiger partial charge in [-0.25, -0.2) is 9.80 Å². The summed E-state index contributed by atoms with van der Waals surface area (Å²) in [6.45, 7) is -0.580. The summed E-state index contributed by atoms with van der Waals surface area (Å²) >= 11 is 13.5. The van der Waals surface area contributed by atoms with Crippen LogP contribution in [-0.4, -0.2) is 46.0 Å². The minimum absolute atomic E-state index is 0.000163. The molecule has 0 N–H and O–H groups in total. The number of rotatable bonds is 7. The lowest BCUT2D eigenvalue weighted by atomic mass is 9.81. The number of hydrazine groups is 1. The lowest BCUT2D eigenvalue weighted by Gasteiger charge is -2.30. The van der Waals surface area contributed by atoms with E-state index in [1.165, 1.54) is 53.8 Å². The Bertz CT molecular complexity index is 1430. The van der Waals surface area contributed by atoms with Crippen LogP contribution in [0.25, 0.3) is 0 Å². The number of carbonyl (C=O) groups excluding carboxylic acids is 5. The van der Waals surface area contributed by atoms with E-state index in [0.29, 0.717) is 22.7 Å². The minimum atomic E-state index is -0.771. The summed E-state index contributed by atoms with van der Waals surface area (Å²) < 4.78 is 5.33. The van der Waals surface area contributed by atoms with Crippen LogP contribution in [0.4, 0.5) is 0 Å². The summed E-state index contributed by atoms with van der Waals surface area (Å²) in [5.41, 5.74) is 0.197. The van der Waals surface area contributed by atoms with Gasteiger partial charge in [-0.2, -0.15) is 5.01 Å². The van der Waals surface area contributed by atoms with Crippen LogP contribution in [0.2, 0.25) is 10.0 Å². The van der Waals surface area contributed by atoms with Crippen molar-refractivity contribution >= 4 is 64.0 Å². The summed E-state index contributed by atoms with van der Waals surface area (Å²) in [4.78, 5) is 66.3. The molecule has 1 saturated carbocycles. The van der Waals surface area contributed by atoms with Gasteiger partial charge in [0.1, 0.15) is 17.2 Å². The van der Waals surface area contributed by atoms with Crippen molar-refractivity contribution in [3.8, 4) is 5.75 Å². The number of imide groups is 1. The highest BCUT2D eigenvalue weighted by Crippen LogP contribution is 2.39. The second kappa shape index (κ2) is 11.3. The Balaban J connectivity index is 1.40. The number of nitrogens with zero attached hydrogens (tertiary/aromatic N) is 2. The first-order valence-electron chi connectivity index (χ1n) is 12.3. The van der Waals surface area contributed by atoms with Crippen LogP contribution in [0, 0.1) is 11.8 Å². The zero-order valence-electron chi connectivity index (χ0n) is 20.5. The van der Waals surface area contributed by atoms with Crippen LogP contribution in [0.3, 0.4) is 0 Å². The van der Waals surface area contributed by atoms with Crippen LogP contribution in [0.5, 0.6) is 5.75 Å². The molecule has 0 spiro atoms. The Kier molecular flexibility index (Phi) is 7.83. The summed E-state index contributed by atoms with van der Waals surface area (Å²) in [5, 5.41) is 3.79. The van der Waals surface area contributed by atoms with Crippen LogP contribution in [-0.2, 0) is 9.59 Å². The summed E-state index contributed by atoms with van der Waals surface area (Å²) in [6, 6.07) is 13.4. The molecular formula is C28H22Cl2N2O6S. The predicted octanol–water partition coefficient (Wildman–Crippen LogP) is 5.69. The molecule has 200 valence electrons. The number of carbonyl (C=O) groups is 5. The van der Waals surface area contributed by atoms with E-state index in [0.717, 1.165) is 22.9 Å². The van der Waals surface area contributed by atoms with Crippen molar-refractivity contribution < 1.29 is 28.7 Å². The second-order valence-corrected chi connectivity index (χ2v) is 11.1.